The third-order valence-corrected chi connectivity index (χ3v) is 3.96. The minimum absolute atomic E-state index is 0. The lowest BCUT2D eigenvalue weighted by molar-refractivity contribution is 0.629. The predicted octanol–water partition coefficient (Wildman–Crippen LogP) is 5.96. The first kappa shape index (κ1) is 16.2. The first-order chi connectivity index (χ1) is 9.67. The van der Waals surface area contributed by atoms with Crippen molar-refractivity contribution in [3.63, 3.8) is 0 Å². The van der Waals surface area contributed by atoms with Gasteiger partial charge in [0, 0.05) is 21.3 Å². The molecule has 108 valence electrons. The number of nitrogens with zero attached hydrogens (tertiary/aromatic N) is 1. The molecule has 3 rings (SSSR count). The molecule has 0 N–H and O–H groups in total. The summed E-state index contributed by atoms with van der Waals surface area (Å²) in [5, 5.41) is 0.765. The second-order valence-electron chi connectivity index (χ2n) is 4.47. The number of alkyl halides is 1. The van der Waals surface area contributed by atoms with E-state index in [9.17, 15) is 4.39 Å². The molecular formula is C16H11BrCl2FN. The van der Waals surface area contributed by atoms with E-state index < -0.39 is 0 Å². The van der Waals surface area contributed by atoms with E-state index in [2.05, 4.69) is 20.9 Å². The van der Waals surface area contributed by atoms with Gasteiger partial charge in [-0.1, -0.05) is 28.1 Å². The van der Waals surface area contributed by atoms with Gasteiger partial charge in [-0.25, -0.2) is 9.37 Å². The zero-order valence-electron chi connectivity index (χ0n) is 10.8. The summed E-state index contributed by atoms with van der Waals surface area (Å²) in [5.41, 5.74) is 3.48. The lowest BCUT2D eigenvalue weighted by atomic mass is 10.1. The molecule has 2 aromatic carbocycles. The number of rotatable bonds is 2. The molecule has 1 heterocycles. The van der Waals surface area contributed by atoms with Gasteiger partial charge in [0.05, 0.1) is 11.2 Å². The second-order valence-corrected chi connectivity index (χ2v) is 5.65. The SMILES string of the molecule is Cl.Fc1ccc2nc(-c3ccc(Br)cc3)cc(CCl)c2c1. The molecule has 0 saturated heterocycles. The monoisotopic (exact) mass is 385 g/mol. The van der Waals surface area contributed by atoms with Crippen LogP contribution in [0.5, 0.6) is 0 Å². The highest BCUT2D eigenvalue weighted by Crippen LogP contribution is 2.27. The molecule has 1 nitrogen and oxygen atoms in total. The molecule has 0 aliphatic heterocycles. The molecule has 3 aromatic rings. The van der Waals surface area contributed by atoms with Gasteiger partial charge in [-0.05, 0) is 42.0 Å². The lowest BCUT2D eigenvalue weighted by Crippen LogP contribution is -1.91. The lowest BCUT2D eigenvalue weighted by Gasteiger charge is -2.08. The van der Waals surface area contributed by atoms with Crippen LogP contribution in [-0.2, 0) is 5.88 Å². The first-order valence-corrected chi connectivity index (χ1v) is 7.41. The Morgan fingerprint density at radius 3 is 2.43 bits per heavy atom. The van der Waals surface area contributed by atoms with E-state index in [0.717, 1.165) is 32.2 Å². The molecule has 0 saturated carbocycles. The molecule has 0 amide bonds. The van der Waals surface area contributed by atoms with Crippen molar-refractivity contribution in [1.82, 2.24) is 4.98 Å². The van der Waals surface area contributed by atoms with Crippen LogP contribution < -0.4 is 0 Å². The topological polar surface area (TPSA) is 12.9 Å². The quantitative estimate of drug-likeness (QED) is 0.495. The molecule has 1 aromatic heterocycles. The molecule has 0 unspecified atom stereocenters. The molecule has 0 aliphatic carbocycles. The minimum Gasteiger partial charge on any atom is -0.248 e. The van der Waals surface area contributed by atoms with Gasteiger partial charge in [-0.15, -0.1) is 24.0 Å². The summed E-state index contributed by atoms with van der Waals surface area (Å²) >= 11 is 9.40. The van der Waals surface area contributed by atoms with Crippen LogP contribution >= 0.6 is 39.9 Å². The van der Waals surface area contributed by atoms with Crippen LogP contribution in [0.2, 0.25) is 0 Å². The van der Waals surface area contributed by atoms with Crippen LogP contribution in [0.3, 0.4) is 0 Å². The molecule has 0 spiro atoms. The Balaban J connectivity index is 0.00000161. The van der Waals surface area contributed by atoms with Crippen molar-refractivity contribution < 1.29 is 4.39 Å². The van der Waals surface area contributed by atoms with E-state index in [0.29, 0.717) is 5.88 Å². The predicted molar refractivity (Wildman–Crippen MR) is 91.6 cm³/mol. The van der Waals surface area contributed by atoms with Crippen molar-refractivity contribution in [3.8, 4) is 11.3 Å². The highest BCUT2D eigenvalue weighted by molar-refractivity contribution is 9.10. The Hall–Kier alpha value is -1.16. The summed E-state index contributed by atoms with van der Waals surface area (Å²) in [7, 11) is 0. The summed E-state index contributed by atoms with van der Waals surface area (Å²) in [6, 6.07) is 14.4. The van der Waals surface area contributed by atoms with Gasteiger partial charge in [0.1, 0.15) is 5.82 Å². The van der Waals surface area contributed by atoms with Crippen LogP contribution in [0.4, 0.5) is 4.39 Å². The number of halogens is 4. The normalized spacial score (nSPS) is 10.4. The van der Waals surface area contributed by atoms with Gasteiger partial charge in [0.25, 0.3) is 0 Å². The van der Waals surface area contributed by atoms with Crippen LogP contribution in [-0.4, -0.2) is 4.98 Å². The average Bonchev–Trinajstić information content (AvgIpc) is 2.47. The fourth-order valence-corrected chi connectivity index (χ4v) is 2.63. The summed E-state index contributed by atoms with van der Waals surface area (Å²) in [6.45, 7) is 0. The number of aromatic nitrogens is 1. The van der Waals surface area contributed by atoms with Crippen LogP contribution in [0.25, 0.3) is 22.2 Å². The summed E-state index contributed by atoms with van der Waals surface area (Å²) < 4.78 is 14.4. The van der Waals surface area contributed by atoms with E-state index in [1.54, 1.807) is 6.07 Å². The van der Waals surface area contributed by atoms with E-state index >= 15 is 0 Å². The first-order valence-electron chi connectivity index (χ1n) is 6.08. The molecule has 5 heteroatoms. The van der Waals surface area contributed by atoms with Gasteiger partial charge in [-0.3, -0.25) is 0 Å². The van der Waals surface area contributed by atoms with Gasteiger partial charge >= 0.3 is 0 Å². The third-order valence-electron chi connectivity index (χ3n) is 3.14. The number of fused-ring (bicyclic) bond motifs is 1. The standard InChI is InChI=1S/C16H10BrClFN.ClH/c17-12-3-1-10(2-4-12)16-7-11(9-18)14-8-13(19)5-6-15(14)20-16;/h1-8H,9H2;1H. The maximum atomic E-state index is 13.3. The number of pyridine rings is 1. The van der Waals surface area contributed by atoms with Crippen molar-refractivity contribution >= 4 is 50.8 Å². The van der Waals surface area contributed by atoms with E-state index in [-0.39, 0.29) is 18.2 Å². The van der Waals surface area contributed by atoms with Gasteiger partial charge in [0.2, 0.25) is 0 Å². The largest absolute Gasteiger partial charge is 0.248 e. The fraction of sp³-hybridized carbons (Fsp3) is 0.0625. The van der Waals surface area contributed by atoms with Crippen molar-refractivity contribution in [1.29, 1.82) is 0 Å². The Labute approximate surface area is 141 Å². The molecule has 21 heavy (non-hydrogen) atoms. The fourth-order valence-electron chi connectivity index (χ4n) is 2.15. The van der Waals surface area contributed by atoms with E-state index in [1.807, 2.05) is 30.3 Å². The second kappa shape index (κ2) is 6.73. The summed E-state index contributed by atoms with van der Waals surface area (Å²) in [4.78, 5) is 4.58. The number of hydrogen-bond donors (Lipinski definition) is 0. The zero-order chi connectivity index (χ0) is 14.1. The van der Waals surface area contributed by atoms with Gasteiger partial charge < -0.3 is 0 Å². The third kappa shape index (κ3) is 3.37. The summed E-state index contributed by atoms with van der Waals surface area (Å²) in [5.74, 6) is 0.0495. The Bertz CT molecular complexity index is 775. The van der Waals surface area contributed by atoms with Gasteiger partial charge in [0.15, 0.2) is 0 Å². The van der Waals surface area contributed by atoms with Crippen molar-refractivity contribution in [2.75, 3.05) is 0 Å². The highest BCUT2D eigenvalue weighted by atomic mass is 79.9. The molecule has 0 bridgehead atoms. The molecule has 0 fully saturated rings. The summed E-state index contributed by atoms with van der Waals surface area (Å²) in [6.07, 6.45) is 0. The molecule has 0 aliphatic rings. The highest BCUT2D eigenvalue weighted by Gasteiger charge is 2.08. The molecular weight excluding hydrogens is 376 g/mol. The number of benzene rings is 2. The van der Waals surface area contributed by atoms with E-state index in [4.69, 9.17) is 11.6 Å². The number of hydrogen-bond acceptors (Lipinski definition) is 1. The van der Waals surface area contributed by atoms with Crippen LogP contribution in [0, 0.1) is 5.82 Å². The van der Waals surface area contributed by atoms with Crippen LogP contribution in [0.1, 0.15) is 5.56 Å². The molecule has 0 radical (unpaired) electrons. The Morgan fingerprint density at radius 2 is 1.76 bits per heavy atom. The minimum atomic E-state index is -0.276. The van der Waals surface area contributed by atoms with Crippen molar-refractivity contribution in [2.45, 2.75) is 5.88 Å². The smallest absolute Gasteiger partial charge is 0.123 e. The van der Waals surface area contributed by atoms with Gasteiger partial charge in [-0.2, -0.15) is 0 Å². The maximum absolute atomic E-state index is 13.3. The Kier molecular flexibility index (Phi) is 5.20. The van der Waals surface area contributed by atoms with Crippen molar-refractivity contribution in [3.05, 3.63) is 64.4 Å². The maximum Gasteiger partial charge on any atom is 0.123 e. The van der Waals surface area contributed by atoms with E-state index in [1.165, 1.54) is 12.1 Å². The van der Waals surface area contributed by atoms with Crippen molar-refractivity contribution in [2.24, 2.45) is 0 Å². The average molecular weight is 387 g/mol. The molecule has 0 atom stereocenters. The zero-order valence-corrected chi connectivity index (χ0v) is 14.0. The Morgan fingerprint density at radius 1 is 1.05 bits per heavy atom. The van der Waals surface area contributed by atoms with Crippen LogP contribution in [0.15, 0.2) is 53.0 Å².